The van der Waals surface area contributed by atoms with Crippen LogP contribution in [0.15, 0.2) is 12.4 Å². The molecule has 1 aromatic rings. The number of hydrogen-bond acceptors (Lipinski definition) is 4. The van der Waals surface area contributed by atoms with Crippen molar-refractivity contribution in [1.29, 1.82) is 0 Å². The molecule has 0 bridgehead atoms. The molecule has 0 aromatic carbocycles. The minimum Gasteiger partial charge on any atom is -0.347 e. The molecule has 1 aliphatic carbocycles. The monoisotopic (exact) mass is 220 g/mol. The standard InChI is InChI=1S/C11H16N4O/c1-8-2-4-9(5-3-8)14-11(16)10-12-6-7-13-15-10/h6-9H,2-5H2,1H3,(H,14,16)/t8-,9-. The number of carbonyl (C=O) groups is 1. The molecule has 0 saturated heterocycles. The van der Waals surface area contributed by atoms with Crippen molar-refractivity contribution < 1.29 is 4.79 Å². The van der Waals surface area contributed by atoms with E-state index < -0.39 is 0 Å². The fourth-order valence-electron chi connectivity index (χ4n) is 2.01. The molecule has 1 aromatic heterocycles. The number of rotatable bonds is 2. The van der Waals surface area contributed by atoms with Crippen LogP contribution in [0.2, 0.25) is 0 Å². The van der Waals surface area contributed by atoms with Crippen molar-refractivity contribution >= 4 is 5.91 Å². The van der Waals surface area contributed by atoms with Gasteiger partial charge in [0.15, 0.2) is 0 Å². The molecule has 0 spiro atoms. The van der Waals surface area contributed by atoms with Crippen LogP contribution in [0.5, 0.6) is 0 Å². The highest BCUT2D eigenvalue weighted by Gasteiger charge is 2.21. The normalized spacial score (nSPS) is 25.1. The van der Waals surface area contributed by atoms with Crippen LogP contribution >= 0.6 is 0 Å². The highest BCUT2D eigenvalue weighted by molar-refractivity contribution is 5.90. The molecule has 1 aliphatic rings. The van der Waals surface area contributed by atoms with Gasteiger partial charge in [-0.1, -0.05) is 6.92 Å². The summed E-state index contributed by atoms with van der Waals surface area (Å²) in [7, 11) is 0. The number of nitrogens with one attached hydrogen (secondary N) is 1. The third-order valence-corrected chi connectivity index (χ3v) is 3.04. The lowest BCUT2D eigenvalue weighted by Gasteiger charge is -2.26. The highest BCUT2D eigenvalue weighted by atomic mass is 16.2. The molecule has 1 N–H and O–H groups in total. The van der Waals surface area contributed by atoms with E-state index in [-0.39, 0.29) is 17.8 Å². The van der Waals surface area contributed by atoms with Crippen LogP contribution in [0, 0.1) is 5.92 Å². The van der Waals surface area contributed by atoms with Crippen molar-refractivity contribution in [1.82, 2.24) is 20.5 Å². The van der Waals surface area contributed by atoms with Crippen LogP contribution in [0.4, 0.5) is 0 Å². The molecule has 1 fully saturated rings. The molecule has 5 heteroatoms. The maximum Gasteiger partial charge on any atom is 0.291 e. The van der Waals surface area contributed by atoms with E-state index in [0.717, 1.165) is 18.8 Å². The van der Waals surface area contributed by atoms with E-state index in [9.17, 15) is 4.79 Å². The lowest BCUT2D eigenvalue weighted by molar-refractivity contribution is 0.0911. The topological polar surface area (TPSA) is 67.8 Å². The van der Waals surface area contributed by atoms with Crippen LogP contribution in [-0.2, 0) is 0 Å². The summed E-state index contributed by atoms with van der Waals surface area (Å²) in [5.74, 6) is 0.719. The van der Waals surface area contributed by atoms with Gasteiger partial charge in [-0.15, -0.1) is 5.10 Å². The van der Waals surface area contributed by atoms with E-state index >= 15 is 0 Å². The Bertz CT molecular complexity index is 346. The number of carbonyl (C=O) groups excluding carboxylic acids is 1. The SMILES string of the molecule is C[C@H]1CC[C@H](NC(=O)c2nccnn2)CC1. The van der Waals surface area contributed by atoms with E-state index in [1.807, 2.05) is 0 Å². The second-order valence-corrected chi connectivity index (χ2v) is 4.40. The summed E-state index contributed by atoms with van der Waals surface area (Å²) in [4.78, 5) is 15.6. The van der Waals surface area contributed by atoms with Crippen molar-refractivity contribution in [3.63, 3.8) is 0 Å². The van der Waals surface area contributed by atoms with E-state index in [1.165, 1.54) is 25.2 Å². The molecule has 16 heavy (non-hydrogen) atoms. The Morgan fingerprint density at radius 1 is 1.31 bits per heavy atom. The molecule has 0 radical (unpaired) electrons. The molecule has 86 valence electrons. The molecular formula is C11H16N4O. The smallest absolute Gasteiger partial charge is 0.291 e. The molecule has 2 rings (SSSR count). The van der Waals surface area contributed by atoms with Crippen molar-refractivity contribution in [3.8, 4) is 0 Å². The van der Waals surface area contributed by atoms with Crippen LogP contribution < -0.4 is 5.32 Å². The molecule has 0 aliphatic heterocycles. The molecule has 1 heterocycles. The second-order valence-electron chi connectivity index (χ2n) is 4.40. The van der Waals surface area contributed by atoms with E-state index in [1.54, 1.807) is 0 Å². The first-order valence-corrected chi connectivity index (χ1v) is 5.70. The zero-order valence-corrected chi connectivity index (χ0v) is 9.39. The lowest BCUT2D eigenvalue weighted by atomic mass is 9.87. The fraction of sp³-hybridized carbons (Fsp3) is 0.636. The minimum atomic E-state index is -0.215. The fourth-order valence-corrected chi connectivity index (χ4v) is 2.01. The van der Waals surface area contributed by atoms with Crippen LogP contribution in [0.3, 0.4) is 0 Å². The predicted octanol–water partition coefficient (Wildman–Crippen LogP) is 1.18. The third kappa shape index (κ3) is 2.74. The summed E-state index contributed by atoms with van der Waals surface area (Å²) >= 11 is 0. The average Bonchev–Trinajstić information content (AvgIpc) is 2.33. The van der Waals surface area contributed by atoms with Gasteiger partial charge in [0, 0.05) is 12.2 Å². The van der Waals surface area contributed by atoms with Crippen molar-refractivity contribution in [2.24, 2.45) is 5.92 Å². The van der Waals surface area contributed by atoms with Gasteiger partial charge in [0.25, 0.3) is 5.91 Å². The van der Waals surface area contributed by atoms with Gasteiger partial charge in [-0.25, -0.2) is 4.98 Å². The summed E-state index contributed by atoms with van der Waals surface area (Å²) in [5, 5.41) is 10.3. The number of nitrogens with zero attached hydrogens (tertiary/aromatic N) is 3. The number of amides is 1. The predicted molar refractivity (Wildman–Crippen MR) is 58.7 cm³/mol. The Kier molecular flexibility index (Phi) is 3.44. The van der Waals surface area contributed by atoms with Gasteiger partial charge in [0.1, 0.15) is 0 Å². The van der Waals surface area contributed by atoms with Crippen LogP contribution in [0.1, 0.15) is 43.2 Å². The van der Waals surface area contributed by atoms with Crippen molar-refractivity contribution in [2.75, 3.05) is 0 Å². The van der Waals surface area contributed by atoms with E-state index in [0.29, 0.717) is 0 Å². The van der Waals surface area contributed by atoms with Gasteiger partial charge in [-0.05, 0) is 31.6 Å². The zero-order valence-electron chi connectivity index (χ0n) is 9.39. The first-order valence-electron chi connectivity index (χ1n) is 5.70. The third-order valence-electron chi connectivity index (χ3n) is 3.04. The first-order chi connectivity index (χ1) is 7.75. The molecular weight excluding hydrogens is 204 g/mol. The Morgan fingerprint density at radius 2 is 2.06 bits per heavy atom. The Labute approximate surface area is 94.7 Å². The van der Waals surface area contributed by atoms with Crippen LogP contribution in [-0.4, -0.2) is 27.1 Å². The Balaban J connectivity index is 1.88. The molecule has 0 atom stereocenters. The summed E-state index contributed by atoms with van der Waals surface area (Å²) < 4.78 is 0. The highest BCUT2D eigenvalue weighted by Crippen LogP contribution is 2.23. The summed E-state index contributed by atoms with van der Waals surface area (Å²) in [6, 6.07) is 0.271. The van der Waals surface area contributed by atoms with Gasteiger partial charge in [0.05, 0.1) is 6.20 Å². The van der Waals surface area contributed by atoms with Gasteiger partial charge in [-0.3, -0.25) is 4.79 Å². The van der Waals surface area contributed by atoms with Gasteiger partial charge < -0.3 is 5.32 Å². The Hall–Kier alpha value is -1.52. The largest absolute Gasteiger partial charge is 0.347 e. The van der Waals surface area contributed by atoms with Gasteiger partial charge in [0.2, 0.25) is 5.82 Å². The number of hydrogen-bond donors (Lipinski definition) is 1. The van der Waals surface area contributed by atoms with Crippen molar-refractivity contribution in [3.05, 3.63) is 18.2 Å². The zero-order chi connectivity index (χ0) is 11.4. The molecule has 5 nitrogen and oxygen atoms in total. The van der Waals surface area contributed by atoms with Gasteiger partial charge in [-0.2, -0.15) is 5.10 Å². The van der Waals surface area contributed by atoms with Crippen molar-refractivity contribution in [2.45, 2.75) is 38.6 Å². The summed E-state index contributed by atoms with van der Waals surface area (Å²) in [6.07, 6.45) is 7.39. The summed E-state index contributed by atoms with van der Waals surface area (Å²) in [6.45, 7) is 2.25. The summed E-state index contributed by atoms with van der Waals surface area (Å²) in [5.41, 5.74) is 0. The van der Waals surface area contributed by atoms with Gasteiger partial charge >= 0.3 is 0 Å². The van der Waals surface area contributed by atoms with E-state index in [4.69, 9.17) is 0 Å². The maximum absolute atomic E-state index is 11.7. The second kappa shape index (κ2) is 5.01. The first kappa shape index (κ1) is 11.0. The molecule has 0 unspecified atom stereocenters. The average molecular weight is 220 g/mol. The van der Waals surface area contributed by atoms with Crippen LogP contribution in [0.25, 0.3) is 0 Å². The quantitative estimate of drug-likeness (QED) is 0.812. The molecule has 1 amide bonds. The number of aromatic nitrogens is 3. The molecule has 1 saturated carbocycles. The lowest BCUT2D eigenvalue weighted by Crippen LogP contribution is -2.38. The maximum atomic E-state index is 11.7. The minimum absolute atomic E-state index is 0.154. The Morgan fingerprint density at radius 3 is 2.69 bits per heavy atom. The van der Waals surface area contributed by atoms with E-state index in [2.05, 4.69) is 27.4 Å².